The van der Waals surface area contributed by atoms with Crippen LogP contribution in [0.15, 0.2) is 17.1 Å². The fourth-order valence-electron chi connectivity index (χ4n) is 3.36. The van der Waals surface area contributed by atoms with Gasteiger partial charge in [-0.2, -0.15) is 0 Å². The van der Waals surface area contributed by atoms with E-state index >= 15 is 0 Å². The maximum atomic E-state index is 13.7. The number of carbonyl (C=O) groups is 1. The van der Waals surface area contributed by atoms with E-state index in [1.807, 2.05) is 0 Å². The molecule has 2 aromatic heterocycles. The van der Waals surface area contributed by atoms with Crippen LogP contribution in [0.4, 0.5) is 8.78 Å². The van der Waals surface area contributed by atoms with E-state index in [9.17, 15) is 18.4 Å². The smallest absolute Gasteiger partial charge is 0.268 e. The fraction of sp³-hybridized carbons (Fsp3) is 0.438. The summed E-state index contributed by atoms with van der Waals surface area (Å²) in [6.45, 7) is 1.58. The van der Waals surface area contributed by atoms with Crippen LogP contribution in [0.5, 0.6) is 0 Å². The van der Waals surface area contributed by atoms with Gasteiger partial charge in [0.05, 0.1) is 10.9 Å². The highest BCUT2D eigenvalue weighted by atomic mass is 19.3. The molecule has 2 aromatic rings. The lowest BCUT2D eigenvalue weighted by atomic mass is 9.82. The molecule has 0 unspecified atom stereocenters. The lowest BCUT2D eigenvalue weighted by Gasteiger charge is -2.29. The molecule has 2 heterocycles. The van der Waals surface area contributed by atoms with Crippen LogP contribution >= 0.6 is 0 Å². The zero-order valence-electron chi connectivity index (χ0n) is 12.7. The van der Waals surface area contributed by atoms with E-state index in [1.54, 1.807) is 13.0 Å². The number of fused-ring (bicyclic) bond motifs is 1. The van der Waals surface area contributed by atoms with Gasteiger partial charge in [-0.15, -0.1) is 0 Å². The second-order valence-corrected chi connectivity index (χ2v) is 6.09. The summed E-state index contributed by atoms with van der Waals surface area (Å²) in [4.78, 5) is 31.0. The molecule has 122 valence electrons. The van der Waals surface area contributed by atoms with Crippen LogP contribution in [0.1, 0.15) is 53.3 Å². The molecule has 1 aliphatic carbocycles. The van der Waals surface area contributed by atoms with Gasteiger partial charge in [-0.25, -0.2) is 8.78 Å². The third-order valence-electron chi connectivity index (χ3n) is 4.47. The van der Waals surface area contributed by atoms with Crippen molar-refractivity contribution in [1.82, 2.24) is 9.97 Å². The number of primary amides is 1. The Hall–Kier alpha value is -2.31. The Labute approximate surface area is 130 Å². The topological polar surface area (TPSA) is 88.8 Å². The zero-order valence-corrected chi connectivity index (χ0v) is 12.7. The molecule has 1 amide bonds. The Kier molecular flexibility index (Phi) is 3.66. The zero-order chi connectivity index (χ0) is 16.8. The second kappa shape index (κ2) is 5.40. The van der Waals surface area contributed by atoms with Crippen molar-refractivity contribution in [3.05, 3.63) is 39.4 Å². The number of nitrogens with two attached hydrogens (primary N) is 1. The highest BCUT2D eigenvalue weighted by molar-refractivity contribution is 6.03. The SMILES string of the molecule is Cc1c([C@H]2CCCC(F)(F)C2)[nH]c2ccnc(C(N)=O)c2c1=O. The number of hydrogen-bond acceptors (Lipinski definition) is 3. The Morgan fingerprint density at radius 1 is 1.48 bits per heavy atom. The molecule has 0 aliphatic heterocycles. The average Bonchev–Trinajstić information content (AvgIpc) is 2.49. The molecule has 0 spiro atoms. The molecular weight excluding hydrogens is 304 g/mol. The molecule has 3 N–H and O–H groups in total. The van der Waals surface area contributed by atoms with E-state index in [0.29, 0.717) is 29.6 Å². The standard InChI is InChI=1S/C16H17F2N3O2/c1-8-12(9-3-2-5-16(17,18)7-9)21-10-4-6-20-13(15(19)23)11(10)14(8)22/h4,6,9H,2-3,5,7H2,1H3,(H2,19,23)(H,21,22)/t9-/m0/s1. The average molecular weight is 321 g/mol. The van der Waals surface area contributed by atoms with Crippen molar-refractivity contribution in [3.8, 4) is 0 Å². The molecule has 0 bridgehead atoms. The van der Waals surface area contributed by atoms with E-state index in [1.165, 1.54) is 6.20 Å². The van der Waals surface area contributed by atoms with Crippen molar-refractivity contribution >= 4 is 16.8 Å². The van der Waals surface area contributed by atoms with Gasteiger partial charge in [0.15, 0.2) is 5.43 Å². The Bertz CT molecular complexity index is 845. The number of aromatic amines is 1. The summed E-state index contributed by atoms with van der Waals surface area (Å²) in [5, 5.41) is 0.115. The number of pyridine rings is 2. The van der Waals surface area contributed by atoms with Gasteiger partial charge in [0.25, 0.3) is 5.91 Å². The van der Waals surface area contributed by atoms with E-state index in [0.717, 1.165) is 0 Å². The maximum absolute atomic E-state index is 13.7. The van der Waals surface area contributed by atoms with E-state index < -0.39 is 17.7 Å². The summed E-state index contributed by atoms with van der Waals surface area (Å²) in [6.07, 6.45) is 2.00. The van der Waals surface area contributed by atoms with E-state index in [-0.39, 0.29) is 29.4 Å². The van der Waals surface area contributed by atoms with Crippen molar-refractivity contribution in [1.29, 1.82) is 0 Å². The molecule has 0 saturated heterocycles. The summed E-state index contributed by atoms with van der Waals surface area (Å²) in [7, 11) is 0. The number of nitrogens with one attached hydrogen (secondary N) is 1. The molecule has 1 aliphatic rings. The molecule has 1 fully saturated rings. The lowest BCUT2D eigenvalue weighted by Crippen LogP contribution is -2.27. The van der Waals surface area contributed by atoms with Crippen LogP contribution in [-0.4, -0.2) is 21.8 Å². The van der Waals surface area contributed by atoms with Crippen LogP contribution in [-0.2, 0) is 0 Å². The van der Waals surface area contributed by atoms with Crippen molar-refractivity contribution in [2.75, 3.05) is 0 Å². The summed E-state index contributed by atoms with van der Waals surface area (Å²) in [5.41, 5.74) is 6.03. The van der Waals surface area contributed by atoms with Gasteiger partial charge >= 0.3 is 0 Å². The predicted molar refractivity (Wildman–Crippen MR) is 81.8 cm³/mol. The van der Waals surface area contributed by atoms with Gasteiger partial charge in [0, 0.05) is 36.2 Å². The summed E-state index contributed by atoms with van der Waals surface area (Å²) >= 11 is 0. The Balaban J connectivity index is 2.19. The number of nitrogens with zero attached hydrogens (tertiary/aromatic N) is 1. The largest absolute Gasteiger partial charge is 0.364 e. The van der Waals surface area contributed by atoms with Crippen LogP contribution in [0.3, 0.4) is 0 Å². The minimum atomic E-state index is -2.71. The van der Waals surface area contributed by atoms with Crippen molar-refractivity contribution in [3.63, 3.8) is 0 Å². The molecule has 1 atom stereocenters. The van der Waals surface area contributed by atoms with Crippen molar-refractivity contribution in [2.45, 2.75) is 44.4 Å². The highest BCUT2D eigenvalue weighted by Gasteiger charge is 2.38. The first-order valence-corrected chi connectivity index (χ1v) is 7.49. The highest BCUT2D eigenvalue weighted by Crippen LogP contribution is 2.41. The number of aromatic nitrogens is 2. The van der Waals surface area contributed by atoms with E-state index in [2.05, 4.69) is 9.97 Å². The Morgan fingerprint density at radius 3 is 2.87 bits per heavy atom. The minimum Gasteiger partial charge on any atom is -0.364 e. The van der Waals surface area contributed by atoms with Gasteiger partial charge in [0.2, 0.25) is 5.92 Å². The quantitative estimate of drug-likeness (QED) is 0.891. The normalized spacial score (nSPS) is 20.6. The van der Waals surface area contributed by atoms with Crippen LogP contribution in [0, 0.1) is 6.92 Å². The first-order chi connectivity index (χ1) is 10.8. The summed E-state index contributed by atoms with van der Waals surface area (Å²) < 4.78 is 27.4. The lowest BCUT2D eigenvalue weighted by molar-refractivity contribution is -0.0412. The van der Waals surface area contributed by atoms with Crippen LogP contribution < -0.4 is 11.2 Å². The monoisotopic (exact) mass is 321 g/mol. The van der Waals surface area contributed by atoms with Crippen LogP contribution in [0.25, 0.3) is 10.9 Å². The number of rotatable bonds is 2. The number of amides is 1. The molecular formula is C16H17F2N3O2. The van der Waals surface area contributed by atoms with Gasteiger partial charge in [-0.3, -0.25) is 14.6 Å². The second-order valence-electron chi connectivity index (χ2n) is 6.09. The fourth-order valence-corrected chi connectivity index (χ4v) is 3.36. The molecule has 0 aromatic carbocycles. The molecule has 3 rings (SSSR count). The van der Waals surface area contributed by atoms with Crippen LogP contribution in [0.2, 0.25) is 0 Å². The van der Waals surface area contributed by atoms with Gasteiger partial charge < -0.3 is 10.7 Å². The minimum absolute atomic E-state index is 0.104. The molecule has 0 radical (unpaired) electrons. The molecule has 7 heteroatoms. The number of halogens is 2. The first kappa shape index (κ1) is 15.6. The van der Waals surface area contributed by atoms with Crippen molar-refractivity contribution < 1.29 is 13.6 Å². The third kappa shape index (κ3) is 2.71. The first-order valence-electron chi connectivity index (χ1n) is 7.49. The Morgan fingerprint density at radius 2 is 2.22 bits per heavy atom. The molecule has 1 saturated carbocycles. The predicted octanol–water partition coefficient (Wildman–Crippen LogP) is 2.62. The van der Waals surface area contributed by atoms with Gasteiger partial charge in [-0.1, -0.05) is 0 Å². The summed E-state index contributed by atoms with van der Waals surface area (Å²) in [6, 6.07) is 1.55. The summed E-state index contributed by atoms with van der Waals surface area (Å²) in [5.74, 6) is -3.91. The van der Waals surface area contributed by atoms with E-state index in [4.69, 9.17) is 5.73 Å². The van der Waals surface area contributed by atoms with Gasteiger partial charge in [0.1, 0.15) is 5.69 Å². The van der Waals surface area contributed by atoms with Gasteiger partial charge in [-0.05, 0) is 25.8 Å². The molecule has 23 heavy (non-hydrogen) atoms. The number of hydrogen-bond donors (Lipinski definition) is 2. The number of alkyl halides is 2. The van der Waals surface area contributed by atoms with Crippen molar-refractivity contribution in [2.24, 2.45) is 5.73 Å². The maximum Gasteiger partial charge on any atom is 0.268 e. The number of carbonyl (C=O) groups excluding carboxylic acids is 1. The third-order valence-corrected chi connectivity index (χ3v) is 4.47. The number of H-pyrrole nitrogens is 1. The molecule has 5 nitrogen and oxygen atoms in total.